The number of nitrogens with zero attached hydrogens (tertiary/aromatic N) is 1. The first-order valence-corrected chi connectivity index (χ1v) is 4.50. The van der Waals surface area contributed by atoms with Gasteiger partial charge < -0.3 is 10.5 Å². The summed E-state index contributed by atoms with van der Waals surface area (Å²) in [5, 5.41) is 13.2. The van der Waals surface area contributed by atoms with Crippen molar-refractivity contribution in [1.82, 2.24) is 5.43 Å². The van der Waals surface area contributed by atoms with E-state index in [9.17, 15) is 0 Å². The Morgan fingerprint density at radius 1 is 1.67 bits per heavy atom. The summed E-state index contributed by atoms with van der Waals surface area (Å²) in [5.41, 5.74) is 4.39. The van der Waals surface area contributed by atoms with Gasteiger partial charge in [-0.2, -0.15) is 5.10 Å². The molecular weight excluding hydrogens is 152 g/mol. The number of aliphatic hydroxyl groups is 1. The molecule has 0 aromatic rings. The molecule has 1 rings (SSSR count). The summed E-state index contributed by atoms with van der Waals surface area (Å²) in [5.74, 6) is 0. The zero-order valence-corrected chi connectivity index (χ0v) is 8.09. The van der Waals surface area contributed by atoms with E-state index < -0.39 is 0 Å². The minimum atomic E-state index is -0.322. The first-order valence-electron chi connectivity index (χ1n) is 4.50. The summed E-state index contributed by atoms with van der Waals surface area (Å²) in [7, 11) is 0. The van der Waals surface area contributed by atoms with Crippen LogP contribution in [0.4, 0.5) is 0 Å². The summed E-state index contributed by atoms with van der Waals surface area (Å²) in [6, 6.07) is 0. The molecule has 0 bridgehead atoms. The van der Waals surface area contributed by atoms with E-state index in [1.807, 2.05) is 0 Å². The molecule has 12 heavy (non-hydrogen) atoms. The molecule has 0 aromatic heterocycles. The van der Waals surface area contributed by atoms with Crippen LogP contribution >= 0.6 is 0 Å². The number of hydrogen-bond acceptors (Lipinski definition) is 3. The lowest BCUT2D eigenvalue weighted by atomic mass is 9.70. The largest absolute Gasteiger partial charge is 0.392 e. The fourth-order valence-electron chi connectivity index (χ4n) is 1.22. The lowest BCUT2D eigenvalue weighted by molar-refractivity contribution is 0.191. The Balaban J connectivity index is 2.29. The Kier molecular flexibility index (Phi) is 2.73. The van der Waals surface area contributed by atoms with E-state index in [1.165, 1.54) is 12.1 Å². The van der Waals surface area contributed by atoms with E-state index in [0.29, 0.717) is 6.54 Å². The highest BCUT2D eigenvalue weighted by atomic mass is 16.3. The minimum absolute atomic E-state index is 0.283. The normalized spacial score (nSPS) is 26.5. The number of hydrogen-bond donors (Lipinski definition) is 2. The van der Waals surface area contributed by atoms with Crippen LogP contribution in [0.2, 0.25) is 0 Å². The summed E-state index contributed by atoms with van der Waals surface area (Å²) in [4.78, 5) is 0. The molecule has 0 aromatic carbocycles. The fourth-order valence-corrected chi connectivity index (χ4v) is 1.22. The third-order valence-corrected chi connectivity index (χ3v) is 2.37. The van der Waals surface area contributed by atoms with E-state index in [2.05, 4.69) is 24.4 Å². The SMILES string of the molecule is CC(O)CN/N=C1/CCC1(C)C. The molecule has 0 saturated heterocycles. The number of hydrazone groups is 1. The van der Waals surface area contributed by atoms with Crippen molar-refractivity contribution in [3.63, 3.8) is 0 Å². The fraction of sp³-hybridized carbons (Fsp3) is 0.889. The second-order valence-electron chi connectivity index (χ2n) is 4.15. The third-order valence-electron chi connectivity index (χ3n) is 2.37. The van der Waals surface area contributed by atoms with Crippen LogP contribution in [0.5, 0.6) is 0 Å². The predicted molar refractivity (Wildman–Crippen MR) is 50.1 cm³/mol. The smallest absolute Gasteiger partial charge is 0.0701 e. The average Bonchev–Trinajstić information content (AvgIpc) is 1.95. The van der Waals surface area contributed by atoms with E-state index in [4.69, 9.17) is 5.11 Å². The van der Waals surface area contributed by atoms with Crippen LogP contribution in [0.15, 0.2) is 5.10 Å². The molecule has 0 heterocycles. The van der Waals surface area contributed by atoms with Crippen molar-refractivity contribution in [1.29, 1.82) is 0 Å². The van der Waals surface area contributed by atoms with E-state index in [0.717, 1.165) is 6.42 Å². The number of nitrogens with one attached hydrogen (secondary N) is 1. The van der Waals surface area contributed by atoms with Crippen LogP contribution in [0.3, 0.4) is 0 Å². The van der Waals surface area contributed by atoms with Gasteiger partial charge in [-0.25, -0.2) is 0 Å². The van der Waals surface area contributed by atoms with Crippen LogP contribution in [0.25, 0.3) is 0 Å². The zero-order valence-electron chi connectivity index (χ0n) is 8.09. The van der Waals surface area contributed by atoms with Gasteiger partial charge in [0.2, 0.25) is 0 Å². The summed E-state index contributed by atoms with van der Waals surface area (Å²) in [6.07, 6.45) is 2.00. The van der Waals surface area contributed by atoms with Gasteiger partial charge in [0, 0.05) is 11.1 Å². The maximum atomic E-state index is 8.95. The standard InChI is InChI=1S/C9H18N2O/c1-7(12)6-10-11-8-4-5-9(8,2)3/h7,10,12H,4-6H2,1-3H3/b11-8-. The van der Waals surface area contributed by atoms with Gasteiger partial charge in [0.05, 0.1) is 12.6 Å². The van der Waals surface area contributed by atoms with Crippen molar-refractivity contribution in [3.05, 3.63) is 0 Å². The molecule has 1 saturated carbocycles. The van der Waals surface area contributed by atoms with Gasteiger partial charge in [-0.1, -0.05) is 13.8 Å². The molecule has 1 fully saturated rings. The predicted octanol–water partition coefficient (Wildman–Crippen LogP) is 1.13. The molecule has 0 radical (unpaired) electrons. The van der Waals surface area contributed by atoms with Gasteiger partial charge in [0.15, 0.2) is 0 Å². The molecule has 1 aliphatic carbocycles. The minimum Gasteiger partial charge on any atom is -0.392 e. The van der Waals surface area contributed by atoms with Crippen molar-refractivity contribution in [2.75, 3.05) is 6.54 Å². The molecule has 0 amide bonds. The number of rotatable bonds is 3. The topological polar surface area (TPSA) is 44.6 Å². The molecule has 1 atom stereocenters. The van der Waals surface area contributed by atoms with Gasteiger partial charge >= 0.3 is 0 Å². The summed E-state index contributed by atoms with van der Waals surface area (Å²) >= 11 is 0. The molecule has 3 nitrogen and oxygen atoms in total. The van der Waals surface area contributed by atoms with Crippen LogP contribution in [0, 0.1) is 5.41 Å². The Labute approximate surface area is 73.9 Å². The van der Waals surface area contributed by atoms with Crippen molar-refractivity contribution in [2.45, 2.75) is 39.7 Å². The van der Waals surface area contributed by atoms with Gasteiger partial charge in [0.1, 0.15) is 0 Å². The molecule has 2 N–H and O–H groups in total. The Morgan fingerprint density at radius 2 is 2.33 bits per heavy atom. The van der Waals surface area contributed by atoms with Crippen molar-refractivity contribution < 1.29 is 5.11 Å². The lowest BCUT2D eigenvalue weighted by Crippen LogP contribution is -2.37. The van der Waals surface area contributed by atoms with Gasteiger partial charge in [-0.15, -0.1) is 0 Å². The van der Waals surface area contributed by atoms with Crippen LogP contribution in [-0.4, -0.2) is 23.5 Å². The summed E-state index contributed by atoms with van der Waals surface area (Å²) < 4.78 is 0. The van der Waals surface area contributed by atoms with E-state index >= 15 is 0 Å². The monoisotopic (exact) mass is 170 g/mol. The van der Waals surface area contributed by atoms with Gasteiger partial charge in [0.25, 0.3) is 0 Å². The molecular formula is C9H18N2O. The first-order chi connectivity index (χ1) is 5.52. The van der Waals surface area contributed by atoms with Crippen LogP contribution in [0.1, 0.15) is 33.6 Å². The summed E-state index contributed by atoms with van der Waals surface area (Å²) in [6.45, 7) is 6.68. The average molecular weight is 170 g/mol. The van der Waals surface area contributed by atoms with E-state index in [1.54, 1.807) is 6.92 Å². The molecule has 1 unspecified atom stereocenters. The Hall–Kier alpha value is -0.570. The molecule has 1 aliphatic rings. The second-order valence-corrected chi connectivity index (χ2v) is 4.15. The van der Waals surface area contributed by atoms with Gasteiger partial charge in [-0.3, -0.25) is 0 Å². The highest BCUT2D eigenvalue weighted by Gasteiger charge is 2.34. The maximum Gasteiger partial charge on any atom is 0.0701 e. The number of aliphatic hydroxyl groups excluding tert-OH is 1. The van der Waals surface area contributed by atoms with Crippen molar-refractivity contribution in [3.8, 4) is 0 Å². The second kappa shape index (κ2) is 3.44. The van der Waals surface area contributed by atoms with Crippen LogP contribution in [-0.2, 0) is 0 Å². The lowest BCUT2D eigenvalue weighted by Gasteiger charge is -2.36. The van der Waals surface area contributed by atoms with Crippen LogP contribution < -0.4 is 5.43 Å². The van der Waals surface area contributed by atoms with Crippen molar-refractivity contribution >= 4 is 5.71 Å². The maximum absolute atomic E-state index is 8.95. The molecule has 3 heteroatoms. The molecule has 70 valence electrons. The first kappa shape index (κ1) is 9.52. The van der Waals surface area contributed by atoms with E-state index in [-0.39, 0.29) is 11.5 Å². The Bertz CT molecular complexity index is 185. The quantitative estimate of drug-likeness (QED) is 0.624. The zero-order chi connectivity index (χ0) is 9.19. The highest BCUT2D eigenvalue weighted by Crippen LogP contribution is 2.36. The highest BCUT2D eigenvalue weighted by molar-refractivity contribution is 5.94. The molecule has 0 aliphatic heterocycles. The van der Waals surface area contributed by atoms with Gasteiger partial charge in [-0.05, 0) is 19.8 Å². The Morgan fingerprint density at radius 3 is 2.67 bits per heavy atom. The third kappa shape index (κ3) is 2.21. The molecule has 0 spiro atoms. The van der Waals surface area contributed by atoms with Crippen molar-refractivity contribution in [2.24, 2.45) is 10.5 Å².